The zero-order valence-electron chi connectivity index (χ0n) is 25.6. The first kappa shape index (κ1) is 21.3. The molecule has 2 aromatic carbocycles. The van der Waals surface area contributed by atoms with Crippen molar-refractivity contribution in [2.45, 2.75) is 25.3 Å². The molecule has 0 radical (unpaired) electrons. The van der Waals surface area contributed by atoms with Gasteiger partial charge in [0.05, 0.1) is 25.9 Å². The molecule has 1 N–H and O–H groups in total. The lowest BCUT2D eigenvalue weighted by molar-refractivity contribution is -0.134. The topological polar surface area (TPSA) is 98.9 Å². The Hall–Kier alpha value is -4.58. The molecule has 1 aliphatic rings. The van der Waals surface area contributed by atoms with Crippen LogP contribution in [0.1, 0.15) is 17.5 Å². The van der Waals surface area contributed by atoms with Crippen molar-refractivity contribution in [1.82, 2.24) is 29.5 Å². The van der Waals surface area contributed by atoms with Crippen LogP contribution < -0.4 is 19.5 Å². The number of hydrogen-bond donors (Lipinski definition) is 1. The number of alkyl halides is 2. The number of anilines is 2. The third kappa shape index (κ3) is 5.05. The summed E-state index contributed by atoms with van der Waals surface area (Å²) in [6, 6.07) is 11.9. The lowest BCUT2D eigenvalue weighted by atomic mass is 10.0. The highest BCUT2D eigenvalue weighted by Crippen LogP contribution is 2.39. The number of likely N-dealkylation sites (tertiary alicyclic amines) is 1. The SMILES string of the molecule is [2H]C([2H])([2H])N1CC[C@]([2H])(Oc2cc(OC)cc3ncnc(Nc4ccc(Oc5ccn6ncnc6c5)c(C)c4)c23)C(F)(F)C1. The van der Waals surface area contributed by atoms with Crippen molar-refractivity contribution in [1.29, 1.82) is 0 Å². The Morgan fingerprint density at radius 2 is 1.98 bits per heavy atom. The number of nitrogens with zero attached hydrogens (tertiary/aromatic N) is 6. The van der Waals surface area contributed by atoms with E-state index in [0.29, 0.717) is 33.3 Å². The van der Waals surface area contributed by atoms with E-state index in [4.69, 9.17) is 19.7 Å². The largest absolute Gasteiger partial charge is 0.497 e. The number of aryl methyl sites for hydroxylation is 1. The molecule has 0 amide bonds. The molecule has 1 fully saturated rings. The first-order valence-electron chi connectivity index (χ1n) is 14.3. The quantitative estimate of drug-likeness (QED) is 0.291. The molecule has 0 bridgehead atoms. The summed E-state index contributed by atoms with van der Waals surface area (Å²) in [6.07, 6.45) is 1.18. The molecule has 1 aliphatic heterocycles. The lowest BCUT2D eigenvalue weighted by Gasteiger charge is -2.36. The van der Waals surface area contributed by atoms with Gasteiger partial charge in [0.15, 0.2) is 11.7 Å². The van der Waals surface area contributed by atoms with Crippen LogP contribution in [0.5, 0.6) is 23.0 Å². The molecule has 6 rings (SSSR count). The zero-order valence-corrected chi connectivity index (χ0v) is 21.6. The molecule has 206 valence electrons. The minimum Gasteiger partial charge on any atom is -0.497 e. The molecule has 1 atom stereocenters. The van der Waals surface area contributed by atoms with Crippen molar-refractivity contribution >= 4 is 28.1 Å². The van der Waals surface area contributed by atoms with E-state index in [1.54, 1.807) is 41.0 Å². The number of piperidine rings is 1. The maximum Gasteiger partial charge on any atom is 0.296 e. The second kappa shape index (κ2) is 10.2. The van der Waals surface area contributed by atoms with Gasteiger partial charge in [-0.3, -0.25) is 0 Å². The number of ether oxygens (including phenoxy) is 3. The number of aromatic nitrogens is 5. The average Bonchev–Trinajstić information content (AvgIpc) is 3.43. The fourth-order valence-electron chi connectivity index (χ4n) is 4.47. The van der Waals surface area contributed by atoms with E-state index < -0.39 is 31.9 Å². The molecular formula is C28H27F2N7O3. The summed E-state index contributed by atoms with van der Waals surface area (Å²) in [7, 11) is 1.40. The van der Waals surface area contributed by atoms with Gasteiger partial charge in [0, 0.05) is 47.2 Å². The van der Waals surface area contributed by atoms with E-state index in [1.807, 2.05) is 13.0 Å². The minimum atomic E-state index is -3.82. The van der Waals surface area contributed by atoms with E-state index in [9.17, 15) is 0 Å². The van der Waals surface area contributed by atoms with Gasteiger partial charge >= 0.3 is 0 Å². The standard InChI is InChI=1S/C28H27F2N7O3/c1-17-10-18(4-5-22(17)39-19-6-9-37-25(13-19)32-16-34-37)35-27-26-21(31-15-33-27)11-20(38-3)12-23(26)40-24-7-8-36(2)14-28(24,29)30/h4-6,9-13,15-16,24H,7-8,14H2,1-3H3,(H,31,33,35)/t24-/m0/s1/i2D3,24D. The second-order valence-corrected chi connectivity index (χ2v) is 9.28. The molecule has 0 unspecified atom stereocenters. The highest BCUT2D eigenvalue weighted by atomic mass is 19.3. The van der Waals surface area contributed by atoms with E-state index in [1.165, 1.54) is 25.8 Å². The minimum absolute atomic E-state index is 0.111. The molecule has 3 aromatic heterocycles. The number of nitrogens with one attached hydrogen (secondary N) is 1. The van der Waals surface area contributed by atoms with E-state index in [-0.39, 0.29) is 29.2 Å². The van der Waals surface area contributed by atoms with Crippen LogP contribution in [-0.4, -0.2) is 68.6 Å². The number of fused-ring (bicyclic) bond motifs is 2. The fraction of sp³-hybridized carbons (Fsp3) is 0.286. The zero-order chi connectivity index (χ0) is 31.3. The van der Waals surface area contributed by atoms with Crippen LogP contribution in [0, 0.1) is 6.92 Å². The molecular weight excluding hydrogens is 520 g/mol. The normalized spacial score (nSPS) is 20.8. The van der Waals surface area contributed by atoms with Crippen LogP contribution in [0.25, 0.3) is 16.6 Å². The Kier molecular flexibility index (Phi) is 5.42. The molecule has 12 heteroatoms. The van der Waals surface area contributed by atoms with Gasteiger partial charge < -0.3 is 24.4 Å². The van der Waals surface area contributed by atoms with E-state index >= 15 is 8.78 Å². The van der Waals surface area contributed by atoms with Gasteiger partial charge in [0.25, 0.3) is 5.92 Å². The number of hydrogen-bond acceptors (Lipinski definition) is 9. The Morgan fingerprint density at radius 3 is 2.77 bits per heavy atom. The molecule has 0 saturated carbocycles. The van der Waals surface area contributed by atoms with Crippen molar-refractivity contribution in [2.75, 3.05) is 32.5 Å². The predicted molar refractivity (Wildman–Crippen MR) is 145 cm³/mol. The molecule has 5 aromatic rings. The summed E-state index contributed by atoms with van der Waals surface area (Å²) >= 11 is 0. The lowest BCUT2D eigenvalue weighted by Crippen LogP contribution is -2.52. The number of rotatable bonds is 7. The number of methoxy groups -OCH3 is 1. The Bertz CT molecular complexity index is 1860. The summed E-state index contributed by atoms with van der Waals surface area (Å²) in [5.74, 6) is -2.24. The van der Waals surface area contributed by atoms with Crippen LogP contribution in [0.3, 0.4) is 0 Å². The van der Waals surface area contributed by atoms with Gasteiger partial charge in [-0.15, -0.1) is 0 Å². The summed E-state index contributed by atoms with van der Waals surface area (Å²) in [5.41, 5.74) is 2.36. The van der Waals surface area contributed by atoms with E-state index in [0.717, 1.165) is 5.56 Å². The molecule has 40 heavy (non-hydrogen) atoms. The van der Waals surface area contributed by atoms with Crippen LogP contribution in [0.2, 0.25) is 0 Å². The van der Waals surface area contributed by atoms with Gasteiger partial charge in [-0.25, -0.2) is 28.2 Å². The smallest absolute Gasteiger partial charge is 0.296 e. The average molecular weight is 552 g/mol. The third-order valence-corrected chi connectivity index (χ3v) is 6.47. The second-order valence-electron chi connectivity index (χ2n) is 9.28. The van der Waals surface area contributed by atoms with E-state index in [2.05, 4.69) is 25.4 Å². The van der Waals surface area contributed by atoms with Crippen LogP contribution in [0.15, 0.2) is 61.3 Å². The Balaban J connectivity index is 1.31. The van der Waals surface area contributed by atoms with Gasteiger partial charge in [0.2, 0.25) is 0 Å². The number of pyridine rings is 1. The highest BCUT2D eigenvalue weighted by molar-refractivity contribution is 5.96. The summed E-state index contributed by atoms with van der Waals surface area (Å²) in [4.78, 5) is 13.4. The third-order valence-electron chi connectivity index (χ3n) is 6.47. The van der Waals surface area contributed by atoms with Crippen molar-refractivity contribution in [2.24, 2.45) is 0 Å². The molecule has 10 nitrogen and oxygen atoms in total. The first-order valence-corrected chi connectivity index (χ1v) is 12.3. The molecule has 4 heterocycles. The highest BCUT2D eigenvalue weighted by Gasteiger charge is 2.45. The molecule has 0 aliphatic carbocycles. The predicted octanol–water partition coefficient (Wildman–Crippen LogP) is 5.24. The summed E-state index contributed by atoms with van der Waals surface area (Å²) < 4.78 is 80.7. The van der Waals surface area contributed by atoms with Gasteiger partial charge in [-0.05, 0) is 43.7 Å². The molecule has 1 saturated heterocycles. The van der Waals surface area contributed by atoms with Crippen molar-refractivity contribution in [3.63, 3.8) is 0 Å². The van der Waals surface area contributed by atoms with Gasteiger partial charge in [0.1, 0.15) is 41.5 Å². The van der Waals surface area contributed by atoms with Crippen molar-refractivity contribution < 1.29 is 28.5 Å². The Morgan fingerprint density at radius 1 is 1.07 bits per heavy atom. The first-order chi connectivity index (χ1) is 20.8. The van der Waals surface area contributed by atoms with Crippen LogP contribution in [-0.2, 0) is 0 Å². The molecule has 0 spiro atoms. The monoisotopic (exact) mass is 551 g/mol. The number of halogens is 2. The van der Waals surface area contributed by atoms with Crippen LogP contribution in [0.4, 0.5) is 20.3 Å². The van der Waals surface area contributed by atoms with Gasteiger partial charge in [-0.1, -0.05) is 0 Å². The maximum atomic E-state index is 15.3. The summed E-state index contributed by atoms with van der Waals surface area (Å²) in [6.45, 7) is -2.29. The Labute approximate surface area is 234 Å². The maximum absolute atomic E-state index is 15.3. The van der Waals surface area contributed by atoms with Crippen LogP contribution >= 0.6 is 0 Å². The van der Waals surface area contributed by atoms with Gasteiger partial charge in [-0.2, -0.15) is 5.10 Å². The number of benzene rings is 2. The summed E-state index contributed by atoms with van der Waals surface area (Å²) in [5, 5.41) is 7.51. The van der Waals surface area contributed by atoms with Crippen molar-refractivity contribution in [3.8, 4) is 23.0 Å². The fourth-order valence-corrected chi connectivity index (χ4v) is 4.47. The van der Waals surface area contributed by atoms with Crippen molar-refractivity contribution in [3.05, 3.63) is 66.9 Å².